The van der Waals surface area contributed by atoms with Crippen LogP contribution in [0.5, 0.6) is 0 Å². The fraction of sp³-hybridized carbons (Fsp3) is 0.167. The number of rotatable bonds is 4. The largest absolute Gasteiger partial charge is 0.306 e. The van der Waals surface area contributed by atoms with Gasteiger partial charge in [0.25, 0.3) is 0 Å². The molecule has 0 saturated carbocycles. The molecule has 100 valence electrons. The molecule has 1 aromatic heterocycles. The molecule has 0 aliphatic heterocycles. The Morgan fingerprint density at radius 2 is 2.00 bits per heavy atom. The van der Waals surface area contributed by atoms with Crippen molar-refractivity contribution in [1.82, 2.24) is 9.97 Å². The number of nitrogens with zero attached hydrogens (tertiary/aromatic N) is 2. The van der Waals surface area contributed by atoms with E-state index in [9.17, 15) is 4.39 Å². The summed E-state index contributed by atoms with van der Waals surface area (Å²) in [5.74, 6) is 5.74. The smallest absolute Gasteiger partial charge is 0.187 e. The molecular formula is C12H12ClFN4S. The number of anilines is 1. The third-order valence-corrected chi connectivity index (χ3v) is 3.64. The third-order valence-electron chi connectivity index (χ3n) is 2.38. The van der Waals surface area contributed by atoms with E-state index in [0.717, 1.165) is 4.90 Å². The van der Waals surface area contributed by atoms with Crippen LogP contribution in [0.2, 0.25) is 5.02 Å². The van der Waals surface area contributed by atoms with Crippen molar-refractivity contribution in [3.8, 4) is 0 Å². The molecular weight excluding hydrogens is 287 g/mol. The Hall–Kier alpha value is -1.37. The average molecular weight is 299 g/mol. The fourth-order valence-corrected chi connectivity index (χ4v) is 2.34. The fourth-order valence-electron chi connectivity index (χ4n) is 1.46. The van der Waals surface area contributed by atoms with E-state index >= 15 is 0 Å². The highest BCUT2D eigenvalue weighted by molar-refractivity contribution is 7.98. The van der Waals surface area contributed by atoms with E-state index in [4.69, 9.17) is 17.4 Å². The Morgan fingerprint density at radius 3 is 2.63 bits per heavy atom. The lowest BCUT2D eigenvalue weighted by Gasteiger charge is -2.07. The number of nitrogens with one attached hydrogen (secondary N) is 1. The molecule has 7 heteroatoms. The first kappa shape index (κ1) is 14.0. The highest BCUT2D eigenvalue weighted by Gasteiger charge is 2.10. The van der Waals surface area contributed by atoms with E-state index in [-0.39, 0.29) is 11.5 Å². The van der Waals surface area contributed by atoms with Gasteiger partial charge in [-0.1, -0.05) is 11.6 Å². The molecule has 0 aliphatic carbocycles. The van der Waals surface area contributed by atoms with Crippen molar-refractivity contribution in [3.05, 3.63) is 46.6 Å². The maximum Gasteiger partial charge on any atom is 0.187 e. The second kappa shape index (κ2) is 6.18. The van der Waals surface area contributed by atoms with Crippen LogP contribution in [0.25, 0.3) is 0 Å². The Bertz CT molecular complexity index is 577. The number of hydrazine groups is 1. The molecule has 1 aromatic carbocycles. The lowest BCUT2D eigenvalue weighted by Crippen LogP contribution is -2.13. The van der Waals surface area contributed by atoms with Gasteiger partial charge in [-0.25, -0.2) is 20.2 Å². The summed E-state index contributed by atoms with van der Waals surface area (Å²) in [7, 11) is 0. The first-order valence-corrected chi connectivity index (χ1v) is 6.84. The summed E-state index contributed by atoms with van der Waals surface area (Å²) in [6.45, 7) is 1.58. The third kappa shape index (κ3) is 3.56. The van der Waals surface area contributed by atoms with Crippen molar-refractivity contribution in [2.75, 3.05) is 5.43 Å². The maximum atomic E-state index is 13.5. The molecule has 0 saturated heterocycles. The van der Waals surface area contributed by atoms with E-state index in [0.29, 0.717) is 16.6 Å². The van der Waals surface area contributed by atoms with E-state index in [1.165, 1.54) is 0 Å². The van der Waals surface area contributed by atoms with Crippen LogP contribution in [0, 0.1) is 12.7 Å². The summed E-state index contributed by atoms with van der Waals surface area (Å²) >= 11 is 7.35. The van der Waals surface area contributed by atoms with Crippen LogP contribution in [0.4, 0.5) is 10.2 Å². The van der Waals surface area contributed by atoms with E-state index in [2.05, 4.69) is 15.4 Å². The zero-order valence-electron chi connectivity index (χ0n) is 10.2. The van der Waals surface area contributed by atoms with Crippen LogP contribution in [0.1, 0.15) is 11.5 Å². The molecule has 0 fully saturated rings. The average Bonchev–Trinajstić information content (AvgIpc) is 2.41. The van der Waals surface area contributed by atoms with Gasteiger partial charge in [-0.3, -0.25) is 0 Å². The summed E-state index contributed by atoms with van der Waals surface area (Å²) < 4.78 is 13.5. The van der Waals surface area contributed by atoms with Crippen molar-refractivity contribution in [3.63, 3.8) is 0 Å². The summed E-state index contributed by atoms with van der Waals surface area (Å²) in [6.07, 6.45) is 0. The minimum absolute atomic E-state index is 0.0132. The van der Waals surface area contributed by atoms with Gasteiger partial charge in [0.1, 0.15) is 5.82 Å². The highest BCUT2D eigenvalue weighted by atomic mass is 35.5. The first-order chi connectivity index (χ1) is 9.10. The van der Waals surface area contributed by atoms with Gasteiger partial charge in [0.2, 0.25) is 0 Å². The Labute approximate surface area is 119 Å². The van der Waals surface area contributed by atoms with Crippen molar-refractivity contribution < 1.29 is 4.39 Å². The molecule has 2 rings (SSSR count). The SMILES string of the molecule is Cc1nc(CSc2ccc(Cl)cc2)nc(NN)c1F. The first-order valence-electron chi connectivity index (χ1n) is 5.48. The zero-order chi connectivity index (χ0) is 13.8. The molecule has 0 aliphatic rings. The molecule has 19 heavy (non-hydrogen) atoms. The number of aryl methyl sites for hydroxylation is 1. The van der Waals surface area contributed by atoms with Gasteiger partial charge in [-0.15, -0.1) is 11.8 Å². The summed E-state index contributed by atoms with van der Waals surface area (Å²) in [5, 5.41) is 0.688. The predicted molar refractivity (Wildman–Crippen MR) is 75.6 cm³/mol. The monoisotopic (exact) mass is 298 g/mol. The van der Waals surface area contributed by atoms with Crippen LogP contribution < -0.4 is 11.3 Å². The predicted octanol–water partition coefficient (Wildman–Crippen LogP) is 3.16. The van der Waals surface area contributed by atoms with Crippen LogP contribution in [0.15, 0.2) is 29.2 Å². The topological polar surface area (TPSA) is 63.8 Å². The van der Waals surface area contributed by atoms with Crippen LogP contribution in [-0.2, 0) is 5.75 Å². The summed E-state index contributed by atoms with van der Waals surface area (Å²) in [4.78, 5) is 9.14. The van der Waals surface area contributed by atoms with E-state index < -0.39 is 5.82 Å². The molecule has 2 aromatic rings. The molecule has 0 atom stereocenters. The van der Waals surface area contributed by atoms with Crippen molar-refractivity contribution in [2.45, 2.75) is 17.6 Å². The number of benzene rings is 1. The normalized spacial score (nSPS) is 10.5. The molecule has 0 spiro atoms. The highest BCUT2D eigenvalue weighted by Crippen LogP contribution is 2.24. The van der Waals surface area contributed by atoms with Gasteiger partial charge in [-0.2, -0.15) is 0 Å². The Morgan fingerprint density at radius 1 is 1.32 bits per heavy atom. The second-order valence-corrected chi connectivity index (χ2v) is 5.26. The molecule has 1 heterocycles. The van der Waals surface area contributed by atoms with Crippen LogP contribution in [0.3, 0.4) is 0 Å². The van der Waals surface area contributed by atoms with Crippen LogP contribution >= 0.6 is 23.4 Å². The minimum Gasteiger partial charge on any atom is -0.306 e. The van der Waals surface area contributed by atoms with E-state index in [1.54, 1.807) is 18.7 Å². The number of nitrogen functional groups attached to an aromatic ring is 1. The van der Waals surface area contributed by atoms with Gasteiger partial charge in [0.05, 0.1) is 11.4 Å². The number of aromatic nitrogens is 2. The van der Waals surface area contributed by atoms with Crippen molar-refractivity contribution in [2.24, 2.45) is 5.84 Å². The molecule has 0 unspecified atom stereocenters. The Balaban J connectivity index is 2.11. The van der Waals surface area contributed by atoms with Crippen LogP contribution in [-0.4, -0.2) is 9.97 Å². The molecule has 0 radical (unpaired) electrons. The molecule has 4 nitrogen and oxygen atoms in total. The lowest BCUT2D eigenvalue weighted by molar-refractivity contribution is 0.602. The molecule has 0 amide bonds. The van der Waals surface area contributed by atoms with Gasteiger partial charge < -0.3 is 5.43 Å². The minimum atomic E-state index is -0.525. The van der Waals surface area contributed by atoms with E-state index in [1.807, 2.05) is 24.3 Å². The standard InChI is InChI=1S/C12H12ClFN4S/c1-7-11(14)12(18-15)17-10(16-7)6-19-9-4-2-8(13)3-5-9/h2-5H,6,15H2,1H3,(H,16,17,18). The van der Waals surface area contributed by atoms with Gasteiger partial charge in [0.15, 0.2) is 11.6 Å². The van der Waals surface area contributed by atoms with Gasteiger partial charge in [0, 0.05) is 9.92 Å². The number of halogens is 2. The maximum absolute atomic E-state index is 13.5. The number of nitrogens with two attached hydrogens (primary N) is 1. The molecule has 3 N–H and O–H groups in total. The van der Waals surface area contributed by atoms with Crippen molar-refractivity contribution >= 4 is 29.2 Å². The second-order valence-electron chi connectivity index (χ2n) is 3.77. The number of thioether (sulfide) groups is 1. The van der Waals surface area contributed by atoms with Gasteiger partial charge >= 0.3 is 0 Å². The number of hydrogen-bond acceptors (Lipinski definition) is 5. The quantitative estimate of drug-likeness (QED) is 0.516. The van der Waals surface area contributed by atoms with Crippen molar-refractivity contribution in [1.29, 1.82) is 0 Å². The number of hydrogen-bond donors (Lipinski definition) is 2. The molecule has 0 bridgehead atoms. The van der Waals surface area contributed by atoms with Gasteiger partial charge in [-0.05, 0) is 31.2 Å². The summed E-state index contributed by atoms with van der Waals surface area (Å²) in [6, 6.07) is 7.44. The lowest BCUT2D eigenvalue weighted by atomic mass is 10.4. The Kier molecular flexibility index (Phi) is 4.57. The summed E-state index contributed by atoms with van der Waals surface area (Å²) in [5.41, 5.74) is 2.50. The zero-order valence-corrected chi connectivity index (χ0v) is 11.7.